The van der Waals surface area contributed by atoms with Gasteiger partial charge < -0.3 is 15.1 Å². The Kier molecular flexibility index (Phi) is 3.49. The number of hydrogen-bond acceptors (Lipinski definition) is 3. The van der Waals surface area contributed by atoms with Crippen LogP contribution in [0, 0.1) is 11.7 Å². The molecule has 0 aromatic heterocycles. The predicted molar refractivity (Wildman–Crippen MR) is 84.6 cm³/mol. The van der Waals surface area contributed by atoms with Crippen LogP contribution >= 0.6 is 0 Å². The summed E-state index contributed by atoms with van der Waals surface area (Å²) in [7, 11) is 0. The van der Waals surface area contributed by atoms with Crippen molar-refractivity contribution < 1.29 is 4.39 Å². The molecule has 2 fully saturated rings. The molecule has 3 aliphatic rings. The van der Waals surface area contributed by atoms with Gasteiger partial charge in [0.25, 0.3) is 0 Å². The van der Waals surface area contributed by atoms with Crippen LogP contribution in [-0.4, -0.2) is 38.8 Å². The second-order valence-corrected chi connectivity index (χ2v) is 6.72. The van der Waals surface area contributed by atoms with E-state index in [0.29, 0.717) is 12.0 Å². The first-order chi connectivity index (χ1) is 10.3. The molecule has 1 atom stereocenters. The molecule has 114 valence electrons. The molecule has 1 saturated heterocycles. The molecule has 2 aliphatic heterocycles. The zero-order chi connectivity index (χ0) is 14.2. The molecule has 4 rings (SSSR count). The zero-order valence-corrected chi connectivity index (χ0v) is 12.5. The van der Waals surface area contributed by atoms with Crippen molar-refractivity contribution in [3.05, 3.63) is 24.0 Å². The average Bonchev–Trinajstić information content (AvgIpc) is 3.33. The summed E-state index contributed by atoms with van der Waals surface area (Å²) in [5, 5.41) is 3.49. The minimum Gasteiger partial charge on any atom is -0.368 e. The van der Waals surface area contributed by atoms with Gasteiger partial charge in [-0.25, -0.2) is 4.39 Å². The molecule has 3 nitrogen and oxygen atoms in total. The van der Waals surface area contributed by atoms with Crippen molar-refractivity contribution in [2.45, 2.75) is 31.7 Å². The van der Waals surface area contributed by atoms with Gasteiger partial charge in [0.2, 0.25) is 0 Å². The molecule has 0 bridgehead atoms. The normalized spacial score (nSPS) is 25.9. The third-order valence-electron chi connectivity index (χ3n) is 5.06. The maximum absolute atomic E-state index is 13.7. The van der Waals surface area contributed by atoms with E-state index in [1.54, 1.807) is 12.1 Å². The first kappa shape index (κ1) is 13.4. The number of halogens is 1. The summed E-state index contributed by atoms with van der Waals surface area (Å²) in [5.41, 5.74) is 2.35. The highest BCUT2D eigenvalue weighted by Crippen LogP contribution is 2.40. The van der Waals surface area contributed by atoms with Gasteiger partial charge in [0, 0.05) is 25.7 Å². The van der Waals surface area contributed by atoms with Crippen molar-refractivity contribution in [1.82, 2.24) is 5.32 Å². The fourth-order valence-corrected chi connectivity index (χ4v) is 3.81. The van der Waals surface area contributed by atoms with Gasteiger partial charge in [-0.15, -0.1) is 0 Å². The van der Waals surface area contributed by atoms with Crippen molar-refractivity contribution in [3.8, 4) is 0 Å². The number of nitrogens with zero attached hydrogens (tertiary/aromatic N) is 2. The summed E-state index contributed by atoms with van der Waals surface area (Å²) in [4.78, 5) is 4.90. The first-order valence-electron chi connectivity index (χ1n) is 8.33. The van der Waals surface area contributed by atoms with Crippen LogP contribution in [0.2, 0.25) is 0 Å². The van der Waals surface area contributed by atoms with Crippen LogP contribution in [0.3, 0.4) is 0 Å². The third-order valence-corrected chi connectivity index (χ3v) is 5.06. The van der Waals surface area contributed by atoms with Crippen LogP contribution < -0.4 is 15.1 Å². The molecule has 2 heterocycles. The lowest BCUT2D eigenvalue weighted by molar-refractivity contribution is 0.375. The molecule has 0 amide bonds. The summed E-state index contributed by atoms with van der Waals surface area (Å²) < 4.78 is 13.7. The van der Waals surface area contributed by atoms with Crippen LogP contribution in [0.1, 0.15) is 25.7 Å². The van der Waals surface area contributed by atoms with E-state index in [1.807, 2.05) is 6.07 Å². The van der Waals surface area contributed by atoms with Crippen molar-refractivity contribution in [2.24, 2.45) is 5.92 Å². The maximum Gasteiger partial charge on any atom is 0.125 e. The monoisotopic (exact) mass is 289 g/mol. The Morgan fingerprint density at radius 2 is 2.05 bits per heavy atom. The molecular weight excluding hydrogens is 265 g/mol. The predicted octanol–water partition coefficient (Wildman–Crippen LogP) is 2.61. The van der Waals surface area contributed by atoms with Crippen LogP contribution in [0.4, 0.5) is 15.8 Å². The van der Waals surface area contributed by atoms with E-state index in [4.69, 9.17) is 0 Å². The largest absolute Gasteiger partial charge is 0.368 e. The van der Waals surface area contributed by atoms with Crippen molar-refractivity contribution >= 4 is 11.4 Å². The molecule has 4 heteroatoms. The molecule has 1 unspecified atom stereocenters. The highest BCUT2D eigenvalue weighted by molar-refractivity contribution is 5.74. The Balaban J connectivity index is 1.57. The van der Waals surface area contributed by atoms with E-state index in [9.17, 15) is 4.39 Å². The van der Waals surface area contributed by atoms with Gasteiger partial charge in [-0.3, -0.25) is 0 Å². The van der Waals surface area contributed by atoms with Gasteiger partial charge in [-0.05, 0) is 62.9 Å². The van der Waals surface area contributed by atoms with Crippen molar-refractivity contribution in [2.75, 3.05) is 42.5 Å². The van der Waals surface area contributed by atoms with Gasteiger partial charge in [0.15, 0.2) is 0 Å². The van der Waals surface area contributed by atoms with Gasteiger partial charge in [0.1, 0.15) is 5.82 Å². The Hall–Kier alpha value is -1.29. The fourth-order valence-electron chi connectivity index (χ4n) is 3.81. The summed E-state index contributed by atoms with van der Waals surface area (Å²) >= 11 is 0. The molecule has 1 aromatic rings. The lowest BCUT2D eigenvalue weighted by Gasteiger charge is -2.41. The summed E-state index contributed by atoms with van der Waals surface area (Å²) in [6.45, 7) is 5.43. The lowest BCUT2D eigenvalue weighted by atomic mass is 9.98. The van der Waals surface area contributed by atoms with Crippen LogP contribution in [-0.2, 0) is 0 Å². The Morgan fingerprint density at radius 1 is 1.14 bits per heavy atom. The lowest BCUT2D eigenvalue weighted by Crippen LogP contribution is -2.46. The first-order valence-corrected chi connectivity index (χ1v) is 8.33. The van der Waals surface area contributed by atoms with E-state index >= 15 is 0 Å². The van der Waals surface area contributed by atoms with Gasteiger partial charge >= 0.3 is 0 Å². The Labute approximate surface area is 126 Å². The van der Waals surface area contributed by atoms with Crippen molar-refractivity contribution in [1.29, 1.82) is 0 Å². The average molecular weight is 289 g/mol. The highest BCUT2D eigenvalue weighted by Gasteiger charge is 2.34. The zero-order valence-electron chi connectivity index (χ0n) is 12.5. The number of hydrogen-bond donors (Lipinski definition) is 1. The van der Waals surface area contributed by atoms with Gasteiger partial charge in [-0.1, -0.05) is 0 Å². The number of nitrogens with one attached hydrogen (secondary N) is 1. The standard InChI is InChI=1S/C17H24FN3/c18-14-3-6-16-17(10-14)20(8-9-21(16)15-4-5-15)12-13-2-1-7-19-11-13/h3,6,10,13,15,19H,1-2,4-5,7-9,11-12H2. The summed E-state index contributed by atoms with van der Waals surface area (Å²) in [6.07, 6.45) is 5.15. The second-order valence-electron chi connectivity index (χ2n) is 6.72. The molecule has 0 radical (unpaired) electrons. The number of rotatable bonds is 3. The molecular formula is C17H24FN3. The molecule has 1 saturated carbocycles. The molecule has 1 aliphatic carbocycles. The molecule has 1 N–H and O–H groups in total. The highest BCUT2D eigenvalue weighted by atomic mass is 19.1. The van der Waals surface area contributed by atoms with E-state index in [-0.39, 0.29) is 5.82 Å². The maximum atomic E-state index is 13.7. The molecule has 21 heavy (non-hydrogen) atoms. The quantitative estimate of drug-likeness (QED) is 0.923. The number of fused-ring (bicyclic) bond motifs is 1. The minimum absolute atomic E-state index is 0.113. The smallest absolute Gasteiger partial charge is 0.125 e. The van der Waals surface area contributed by atoms with E-state index in [0.717, 1.165) is 38.4 Å². The van der Waals surface area contributed by atoms with Crippen LogP contribution in [0.25, 0.3) is 0 Å². The topological polar surface area (TPSA) is 18.5 Å². The van der Waals surface area contributed by atoms with Crippen LogP contribution in [0.15, 0.2) is 18.2 Å². The Bertz CT molecular complexity index is 509. The number of anilines is 2. The minimum atomic E-state index is -0.113. The van der Waals surface area contributed by atoms with Gasteiger partial charge in [0.05, 0.1) is 11.4 Å². The third kappa shape index (κ3) is 2.73. The number of benzene rings is 1. The SMILES string of the molecule is Fc1ccc2c(c1)N(CC1CCCNC1)CCN2C1CC1. The molecule has 1 aromatic carbocycles. The van der Waals surface area contributed by atoms with E-state index < -0.39 is 0 Å². The Morgan fingerprint density at radius 3 is 2.81 bits per heavy atom. The van der Waals surface area contributed by atoms with Crippen molar-refractivity contribution in [3.63, 3.8) is 0 Å². The summed E-state index contributed by atoms with van der Waals surface area (Å²) in [6, 6.07) is 6.03. The molecule has 0 spiro atoms. The second kappa shape index (κ2) is 5.48. The summed E-state index contributed by atoms with van der Waals surface area (Å²) in [5.74, 6) is 0.584. The van der Waals surface area contributed by atoms with Crippen LogP contribution in [0.5, 0.6) is 0 Å². The van der Waals surface area contributed by atoms with Gasteiger partial charge in [-0.2, -0.15) is 0 Å². The fraction of sp³-hybridized carbons (Fsp3) is 0.647. The van der Waals surface area contributed by atoms with E-state index in [1.165, 1.54) is 31.4 Å². The number of piperidine rings is 1. The van der Waals surface area contributed by atoms with E-state index in [2.05, 4.69) is 15.1 Å².